The molecule has 0 bridgehead atoms. The molecule has 2 N–H and O–H groups in total. The molecule has 0 spiro atoms. The summed E-state index contributed by atoms with van der Waals surface area (Å²) in [4.78, 5) is 30.4. The van der Waals surface area contributed by atoms with Gasteiger partial charge >= 0.3 is 0 Å². The van der Waals surface area contributed by atoms with Gasteiger partial charge in [-0.15, -0.1) is 0 Å². The van der Waals surface area contributed by atoms with Crippen LogP contribution in [-0.2, 0) is 33.9 Å². The molecule has 48 heavy (non-hydrogen) atoms. The van der Waals surface area contributed by atoms with Crippen molar-refractivity contribution < 1.29 is 33.6 Å². The first-order valence-corrected chi connectivity index (χ1v) is 16.2. The Morgan fingerprint density at radius 2 is 1.88 bits per heavy atom. The fourth-order valence-corrected chi connectivity index (χ4v) is 5.90. The number of aliphatic hydroxyl groups is 1. The van der Waals surface area contributed by atoms with Gasteiger partial charge in [0.25, 0.3) is 5.91 Å². The highest BCUT2D eigenvalue weighted by molar-refractivity contribution is 5.95. The Balaban J connectivity index is 1.24. The molecule has 0 atom stereocenters. The highest BCUT2D eigenvalue weighted by atomic mass is 16.7. The smallest absolute Gasteiger partial charge is 0.280 e. The number of piperazine rings is 1. The van der Waals surface area contributed by atoms with Crippen LogP contribution in [0.5, 0.6) is 11.6 Å². The summed E-state index contributed by atoms with van der Waals surface area (Å²) in [6.45, 7) is 9.81. The molecular weight excluding hydrogens is 616 g/mol. The highest BCUT2D eigenvalue weighted by Gasteiger charge is 2.26. The number of hydrogen-bond donors (Lipinski definition) is 2. The molecule has 2 fully saturated rings. The van der Waals surface area contributed by atoms with E-state index in [0.717, 1.165) is 60.4 Å². The van der Waals surface area contributed by atoms with Crippen molar-refractivity contribution in [1.82, 2.24) is 24.3 Å². The van der Waals surface area contributed by atoms with Crippen molar-refractivity contribution in [2.75, 3.05) is 60.3 Å². The number of likely N-dealkylation sites (N-methyl/N-ethyl adjacent to an activating group) is 1. The van der Waals surface area contributed by atoms with E-state index in [0.29, 0.717) is 30.1 Å². The minimum atomic E-state index is -1.04. The van der Waals surface area contributed by atoms with Crippen LogP contribution < -0.4 is 15.1 Å². The molecule has 256 valence electrons. The topological polar surface area (TPSA) is 136 Å². The molecule has 6 rings (SSSR count). The summed E-state index contributed by atoms with van der Waals surface area (Å²) >= 11 is 0. The van der Waals surface area contributed by atoms with Gasteiger partial charge in [-0.1, -0.05) is 18.2 Å². The molecule has 2 saturated heterocycles. The van der Waals surface area contributed by atoms with Crippen LogP contribution in [0.4, 0.5) is 0 Å². The van der Waals surface area contributed by atoms with Crippen LogP contribution in [0, 0.1) is 0 Å². The van der Waals surface area contributed by atoms with E-state index in [1.54, 1.807) is 33.1 Å². The number of H-pyrrole nitrogens is 1. The summed E-state index contributed by atoms with van der Waals surface area (Å²) in [6.07, 6.45) is 0.923. The van der Waals surface area contributed by atoms with Crippen molar-refractivity contribution in [1.29, 1.82) is 0 Å². The van der Waals surface area contributed by atoms with Crippen LogP contribution >= 0.6 is 0 Å². The molecule has 1 amide bonds. The van der Waals surface area contributed by atoms with E-state index in [-0.39, 0.29) is 25.8 Å². The number of amides is 1. The standard InChI is InChI=1S/C35H44N6O7/c1-35(2,43)22-41-28-18-24(20-40-14-12-39(3)13-15-40)8-9-27(28)37-34(41)38-32(42)25-10-11-36-30(19-25)47-21-26-6-5-7-29(48-23-44-4)31(26)33-45-16-17-46-33/h5-11,18-19,33,43H,12-17,20-23H2,1-4H3,(H,37,38,42). The van der Waals surface area contributed by atoms with Gasteiger partial charge in [0.15, 0.2) is 13.1 Å². The van der Waals surface area contributed by atoms with Crippen LogP contribution in [0.15, 0.2) is 59.7 Å². The normalized spacial score (nSPS) is 17.0. The average Bonchev–Trinajstić information content (AvgIpc) is 3.72. The lowest BCUT2D eigenvalue weighted by molar-refractivity contribution is -0.0488. The number of aromatic nitrogens is 3. The number of aromatic amines is 1. The van der Waals surface area contributed by atoms with Gasteiger partial charge in [0, 0.05) is 63.2 Å². The van der Waals surface area contributed by atoms with E-state index in [4.69, 9.17) is 23.7 Å². The Labute approximate surface area is 279 Å². The summed E-state index contributed by atoms with van der Waals surface area (Å²) < 4.78 is 30.3. The van der Waals surface area contributed by atoms with E-state index in [1.165, 1.54) is 6.20 Å². The zero-order chi connectivity index (χ0) is 33.7. The number of rotatable bonds is 12. The Hall–Kier alpha value is -4.11. The van der Waals surface area contributed by atoms with Crippen LogP contribution in [0.1, 0.15) is 47.2 Å². The van der Waals surface area contributed by atoms with Gasteiger partial charge in [0.2, 0.25) is 11.5 Å². The zero-order valence-corrected chi connectivity index (χ0v) is 28.0. The van der Waals surface area contributed by atoms with Crippen LogP contribution in [-0.4, -0.2) is 101 Å². The largest absolute Gasteiger partial charge is 0.473 e. The van der Waals surface area contributed by atoms with E-state index < -0.39 is 17.8 Å². The number of fused-ring (bicyclic) bond motifs is 1. The Kier molecular flexibility index (Phi) is 10.5. The number of carbonyl (C=O) groups is 1. The average molecular weight is 661 g/mol. The molecule has 2 aromatic heterocycles. The van der Waals surface area contributed by atoms with Crippen LogP contribution in [0.2, 0.25) is 0 Å². The zero-order valence-electron chi connectivity index (χ0n) is 28.0. The van der Waals surface area contributed by atoms with E-state index in [9.17, 15) is 9.90 Å². The number of pyridine rings is 1. The van der Waals surface area contributed by atoms with Crippen molar-refractivity contribution in [2.24, 2.45) is 4.99 Å². The summed E-state index contributed by atoms with van der Waals surface area (Å²) in [5.74, 6) is 0.358. The van der Waals surface area contributed by atoms with Crippen molar-refractivity contribution in [3.63, 3.8) is 0 Å². The molecule has 2 aliphatic heterocycles. The van der Waals surface area contributed by atoms with E-state index >= 15 is 0 Å². The van der Waals surface area contributed by atoms with Crippen molar-refractivity contribution in [2.45, 2.75) is 45.4 Å². The van der Waals surface area contributed by atoms with Crippen molar-refractivity contribution >= 4 is 16.9 Å². The molecule has 0 unspecified atom stereocenters. The number of methoxy groups -OCH3 is 1. The summed E-state index contributed by atoms with van der Waals surface area (Å²) in [6, 6.07) is 15.0. The molecule has 13 heteroatoms. The van der Waals surface area contributed by atoms with Crippen LogP contribution in [0.25, 0.3) is 11.0 Å². The number of carbonyl (C=O) groups excluding carboxylic acids is 1. The molecule has 0 aliphatic carbocycles. The van der Waals surface area contributed by atoms with E-state index in [1.807, 2.05) is 28.8 Å². The van der Waals surface area contributed by atoms with Gasteiger partial charge in [0.05, 0.1) is 42.0 Å². The first kappa shape index (κ1) is 33.8. The number of nitrogens with zero attached hydrogens (tertiary/aromatic N) is 5. The molecule has 0 radical (unpaired) electrons. The Morgan fingerprint density at radius 3 is 2.62 bits per heavy atom. The van der Waals surface area contributed by atoms with Gasteiger partial charge in [-0.3, -0.25) is 9.69 Å². The lowest BCUT2D eigenvalue weighted by atomic mass is 10.1. The van der Waals surface area contributed by atoms with Gasteiger partial charge in [0.1, 0.15) is 12.4 Å². The second kappa shape index (κ2) is 15.0. The number of hydrogen-bond acceptors (Lipinski definition) is 10. The minimum Gasteiger partial charge on any atom is -0.473 e. The third kappa shape index (κ3) is 8.29. The monoisotopic (exact) mass is 660 g/mol. The lowest BCUT2D eigenvalue weighted by Gasteiger charge is -2.32. The predicted molar refractivity (Wildman–Crippen MR) is 177 cm³/mol. The second-order valence-electron chi connectivity index (χ2n) is 12.8. The molecule has 13 nitrogen and oxygen atoms in total. The number of ether oxygens (including phenoxy) is 5. The van der Waals surface area contributed by atoms with Crippen molar-refractivity contribution in [3.8, 4) is 11.6 Å². The van der Waals surface area contributed by atoms with Gasteiger partial charge in [-0.25, -0.2) is 4.98 Å². The summed E-state index contributed by atoms with van der Waals surface area (Å²) in [5.41, 5.74) is 3.98. The lowest BCUT2D eigenvalue weighted by Crippen LogP contribution is -2.43. The first-order chi connectivity index (χ1) is 23.2. The fraction of sp³-hybridized carbons (Fsp3) is 0.457. The second-order valence-corrected chi connectivity index (χ2v) is 12.8. The molecule has 0 saturated carbocycles. The number of benzene rings is 2. The predicted octanol–water partition coefficient (Wildman–Crippen LogP) is 3.23. The fourth-order valence-electron chi connectivity index (χ4n) is 5.90. The van der Waals surface area contributed by atoms with E-state index in [2.05, 4.69) is 43.9 Å². The third-order valence-corrected chi connectivity index (χ3v) is 8.31. The Bertz CT molecular complexity index is 1780. The summed E-state index contributed by atoms with van der Waals surface area (Å²) in [7, 11) is 3.70. The van der Waals surface area contributed by atoms with Gasteiger partial charge in [-0.05, 0) is 50.7 Å². The number of nitrogens with one attached hydrogen (secondary N) is 1. The molecule has 2 aliphatic rings. The maximum atomic E-state index is 13.5. The van der Waals surface area contributed by atoms with Gasteiger partial charge < -0.3 is 43.2 Å². The summed E-state index contributed by atoms with van der Waals surface area (Å²) in [5, 5.41) is 10.8. The highest BCUT2D eigenvalue weighted by Crippen LogP contribution is 2.35. The SMILES string of the molecule is COCOc1cccc(COc2cc(C(=O)/N=c3\[nH]c4ccc(CN5CCN(C)CC5)cc4n3CC(C)(C)O)ccn2)c1C1OCCO1. The first-order valence-electron chi connectivity index (χ1n) is 16.2. The quantitative estimate of drug-likeness (QED) is 0.218. The maximum absolute atomic E-state index is 13.5. The molecule has 4 aromatic rings. The molecule has 2 aromatic carbocycles. The van der Waals surface area contributed by atoms with Crippen molar-refractivity contribution in [3.05, 3.63) is 82.6 Å². The number of imidazole rings is 1. The third-order valence-electron chi connectivity index (χ3n) is 8.31. The van der Waals surface area contributed by atoms with Gasteiger partial charge in [-0.2, -0.15) is 4.99 Å². The van der Waals surface area contributed by atoms with Crippen LogP contribution in [0.3, 0.4) is 0 Å². The Morgan fingerprint density at radius 1 is 1.08 bits per heavy atom. The maximum Gasteiger partial charge on any atom is 0.280 e. The molecular formula is C35H44N6O7. The molecule has 4 heterocycles. The minimum absolute atomic E-state index is 0.0726.